The summed E-state index contributed by atoms with van der Waals surface area (Å²) in [5.74, 6) is 0.0448. The fraction of sp³-hybridized carbons (Fsp3) is 0.296. The lowest BCUT2D eigenvalue weighted by Gasteiger charge is -2.17. The second kappa shape index (κ2) is 8.95. The normalized spacial score (nSPS) is 14.3. The highest BCUT2D eigenvalue weighted by molar-refractivity contribution is 5.75. The Bertz CT molecular complexity index is 1270. The first-order chi connectivity index (χ1) is 15.8. The molecule has 1 N–H and O–H groups in total. The third-order valence-corrected chi connectivity index (χ3v) is 6.16. The average Bonchev–Trinajstić information content (AvgIpc) is 3.15. The number of hydrogen-bond donors (Lipinski definition) is 1. The minimum atomic E-state index is -0.852. The van der Waals surface area contributed by atoms with E-state index in [1.54, 1.807) is 12.3 Å². The molecule has 4 rings (SSSR count). The molecule has 2 aromatic carbocycles. The Balaban J connectivity index is 1.58. The molecule has 2 heterocycles. The van der Waals surface area contributed by atoms with Crippen LogP contribution in [0.3, 0.4) is 0 Å². The summed E-state index contributed by atoms with van der Waals surface area (Å²) in [6.07, 6.45) is 1.68. The molecule has 6 nitrogen and oxygen atoms in total. The van der Waals surface area contributed by atoms with Gasteiger partial charge in [-0.25, -0.2) is 4.98 Å². The van der Waals surface area contributed by atoms with Crippen molar-refractivity contribution in [3.63, 3.8) is 0 Å². The Kier molecular flexibility index (Phi) is 6.06. The quantitative estimate of drug-likeness (QED) is 0.551. The predicted octanol–water partition coefficient (Wildman–Crippen LogP) is 5.38. The first kappa shape index (κ1) is 22.3. The molecule has 0 bridgehead atoms. The molecular formula is C27H26N2O4. The number of hydrogen-bond acceptors (Lipinski definition) is 5. The van der Waals surface area contributed by atoms with Crippen LogP contribution in [0.15, 0.2) is 36.5 Å². The van der Waals surface area contributed by atoms with Gasteiger partial charge in [0.05, 0.1) is 24.7 Å². The highest BCUT2D eigenvalue weighted by Gasteiger charge is 2.27. The van der Waals surface area contributed by atoms with Crippen LogP contribution in [0.2, 0.25) is 0 Å². The second-order valence-electron chi connectivity index (χ2n) is 8.65. The number of carboxylic acid groups (broad SMARTS) is 1. The molecule has 0 saturated heterocycles. The van der Waals surface area contributed by atoms with Gasteiger partial charge in [-0.2, -0.15) is 5.26 Å². The van der Waals surface area contributed by atoms with Crippen molar-refractivity contribution in [1.29, 1.82) is 5.26 Å². The number of aryl methyl sites for hydroxylation is 4. The van der Waals surface area contributed by atoms with Gasteiger partial charge in [0.15, 0.2) is 0 Å². The molecule has 0 fully saturated rings. The topological polar surface area (TPSA) is 92.4 Å². The van der Waals surface area contributed by atoms with Crippen LogP contribution in [0.4, 0.5) is 0 Å². The summed E-state index contributed by atoms with van der Waals surface area (Å²) < 4.78 is 11.7. The van der Waals surface area contributed by atoms with Gasteiger partial charge in [-0.15, -0.1) is 0 Å². The van der Waals surface area contributed by atoms with Crippen molar-refractivity contribution >= 4 is 5.97 Å². The maximum Gasteiger partial charge on any atom is 0.304 e. The third kappa shape index (κ3) is 4.54. The molecule has 168 valence electrons. The molecule has 3 aromatic rings. The third-order valence-electron chi connectivity index (χ3n) is 6.16. The smallest absolute Gasteiger partial charge is 0.304 e. The minimum absolute atomic E-state index is 0.0222. The van der Waals surface area contributed by atoms with Gasteiger partial charge in [-0.1, -0.05) is 6.07 Å². The molecule has 0 amide bonds. The van der Waals surface area contributed by atoms with Crippen molar-refractivity contribution in [2.75, 3.05) is 6.61 Å². The molecule has 6 heteroatoms. The van der Waals surface area contributed by atoms with Crippen LogP contribution >= 0.6 is 0 Å². The van der Waals surface area contributed by atoms with E-state index in [9.17, 15) is 10.1 Å². The van der Waals surface area contributed by atoms with Gasteiger partial charge in [0.1, 0.15) is 12.4 Å². The molecule has 1 aliphatic heterocycles. The number of aliphatic carboxylic acids is 1. The van der Waals surface area contributed by atoms with E-state index in [-0.39, 0.29) is 12.3 Å². The van der Waals surface area contributed by atoms with Crippen molar-refractivity contribution in [3.05, 3.63) is 75.5 Å². The molecular weight excluding hydrogens is 416 g/mol. The predicted molar refractivity (Wildman–Crippen MR) is 125 cm³/mol. The van der Waals surface area contributed by atoms with E-state index in [2.05, 4.69) is 37.0 Å². The van der Waals surface area contributed by atoms with Gasteiger partial charge in [-0.3, -0.25) is 4.79 Å². The number of carboxylic acids is 1. The Morgan fingerprint density at radius 2 is 1.85 bits per heavy atom. The van der Waals surface area contributed by atoms with E-state index in [0.29, 0.717) is 30.4 Å². The Morgan fingerprint density at radius 3 is 2.52 bits per heavy atom. The van der Waals surface area contributed by atoms with Crippen molar-refractivity contribution < 1.29 is 19.4 Å². The zero-order valence-electron chi connectivity index (χ0n) is 19.2. The van der Waals surface area contributed by atoms with Crippen LogP contribution in [-0.4, -0.2) is 22.7 Å². The molecule has 0 aliphatic carbocycles. The maximum atomic E-state index is 11.0. The lowest BCUT2D eigenvalue weighted by Crippen LogP contribution is -2.07. The Labute approximate surface area is 193 Å². The van der Waals surface area contributed by atoms with Gasteiger partial charge in [0.25, 0.3) is 0 Å². The lowest BCUT2D eigenvalue weighted by atomic mass is 9.89. The second-order valence-corrected chi connectivity index (χ2v) is 8.65. The van der Waals surface area contributed by atoms with Crippen LogP contribution in [0, 0.1) is 39.0 Å². The molecule has 33 heavy (non-hydrogen) atoms. The SMILES string of the molecule is Cc1cc(C)c(-c2c(C)cc(C#N)cc2C)cc1COc1cc2c(cn1)C(CC(=O)O)CO2. The van der Waals surface area contributed by atoms with E-state index in [1.165, 1.54) is 5.56 Å². The number of nitriles is 1. The average molecular weight is 443 g/mol. The molecule has 1 aliphatic rings. The summed E-state index contributed by atoms with van der Waals surface area (Å²) in [5.41, 5.74) is 9.22. The number of carbonyl (C=O) groups is 1. The fourth-order valence-electron chi connectivity index (χ4n) is 4.53. The van der Waals surface area contributed by atoms with Crippen LogP contribution < -0.4 is 9.47 Å². The Hall–Kier alpha value is -3.85. The molecule has 1 atom stereocenters. The van der Waals surface area contributed by atoms with Crippen LogP contribution in [0.1, 0.15) is 51.3 Å². The number of ether oxygens (including phenoxy) is 2. The molecule has 0 radical (unpaired) electrons. The number of benzene rings is 2. The molecule has 0 saturated carbocycles. The summed E-state index contributed by atoms with van der Waals surface area (Å²) in [7, 11) is 0. The van der Waals surface area contributed by atoms with Crippen LogP contribution in [0.25, 0.3) is 11.1 Å². The summed E-state index contributed by atoms with van der Waals surface area (Å²) in [6.45, 7) is 8.91. The van der Waals surface area contributed by atoms with E-state index in [1.807, 2.05) is 26.0 Å². The summed E-state index contributed by atoms with van der Waals surface area (Å²) >= 11 is 0. The number of pyridine rings is 1. The highest BCUT2D eigenvalue weighted by atomic mass is 16.5. The largest absolute Gasteiger partial charge is 0.492 e. The molecule has 0 spiro atoms. The zero-order chi connectivity index (χ0) is 23.7. The standard InChI is InChI=1S/C27H26N2O4/c1-15-5-16(2)22(27-17(3)6-19(11-28)7-18(27)4)8-20(15)13-33-25-10-24-23(12-29-25)21(14-32-24)9-26(30)31/h5-8,10,12,21H,9,13-14H2,1-4H3,(H,30,31). The first-order valence-corrected chi connectivity index (χ1v) is 10.9. The van der Waals surface area contributed by atoms with E-state index in [0.717, 1.165) is 38.9 Å². The highest BCUT2D eigenvalue weighted by Crippen LogP contribution is 2.37. The van der Waals surface area contributed by atoms with Crippen LogP contribution in [0.5, 0.6) is 11.6 Å². The summed E-state index contributed by atoms with van der Waals surface area (Å²) in [5, 5.41) is 18.3. The lowest BCUT2D eigenvalue weighted by molar-refractivity contribution is -0.137. The number of nitrogens with zero attached hydrogens (tertiary/aromatic N) is 2. The molecule has 1 aromatic heterocycles. The van der Waals surface area contributed by atoms with Crippen LogP contribution in [-0.2, 0) is 11.4 Å². The summed E-state index contributed by atoms with van der Waals surface area (Å²) in [6, 6.07) is 12.1. The van der Waals surface area contributed by atoms with Gasteiger partial charge >= 0.3 is 5.97 Å². The van der Waals surface area contributed by atoms with Crippen molar-refractivity contribution in [1.82, 2.24) is 4.98 Å². The van der Waals surface area contributed by atoms with Gasteiger partial charge in [0, 0.05) is 23.7 Å². The van der Waals surface area contributed by atoms with E-state index in [4.69, 9.17) is 14.6 Å². The van der Waals surface area contributed by atoms with Gasteiger partial charge in [0.2, 0.25) is 5.88 Å². The van der Waals surface area contributed by atoms with Crippen molar-refractivity contribution in [3.8, 4) is 28.8 Å². The Morgan fingerprint density at radius 1 is 1.12 bits per heavy atom. The van der Waals surface area contributed by atoms with Gasteiger partial charge < -0.3 is 14.6 Å². The monoisotopic (exact) mass is 442 g/mol. The van der Waals surface area contributed by atoms with Gasteiger partial charge in [-0.05, 0) is 84.8 Å². The maximum absolute atomic E-state index is 11.0. The number of aromatic nitrogens is 1. The van der Waals surface area contributed by atoms with E-state index >= 15 is 0 Å². The first-order valence-electron chi connectivity index (χ1n) is 10.9. The minimum Gasteiger partial charge on any atom is -0.492 e. The number of fused-ring (bicyclic) bond motifs is 1. The summed E-state index contributed by atoms with van der Waals surface area (Å²) in [4.78, 5) is 15.4. The van der Waals surface area contributed by atoms with E-state index < -0.39 is 5.97 Å². The number of rotatable bonds is 6. The van der Waals surface area contributed by atoms with Crippen molar-refractivity contribution in [2.45, 2.75) is 46.6 Å². The van der Waals surface area contributed by atoms with Crippen molar-refractivity contribution in [2.24, 2.45) is 0 Å². The fourth-order valence-corrected chi connectivity index (χ4v) is 4.53. The zero-order valence-corrected chi connectivity index (χ0v) is 19.2. The molecule has 1 unspecified atom stereocenters.